The zero-order chi connectivity index (χ0) is 63.8. The van der Waals surface area contributed by atoms with E-state index in [4.69, 9.17) is 18.9 Å². The maximum Gasteiger partial charge on any atom is 0.220 e. The number of allylic oxidation sites excluding steroid dienone is 15. The topological polar surface area (TPSA) is 228 Å². The monoisotopic (exact) mass is 1240 g/mol. The molecule has 0 aromatic heterocycles. The molecule has 12 atom stereocenters. The molecule has 14 heteroatoms. The maximum atomic E-state index is 13.3. The van der Waals surface area contributed by atoms with E-state index in [1.807, 2.05) is 6.08 Å². The number of unbranched alkanes of at least 4 members (excludes halogenated alkanes) is 30. The number of rotatable bonds is 57. The van der Waals surface area contributed by atoms with E-state index in [1.165, 1.54) is 135 Å². The summed E-state index contributed by atoms with van der Waals surface area (Å²) in [6, 6.07) is -0.953. The van der Waals surface area contributed by atoms with Crippen LogP contribution >= 0.6 is 0 Å². The molecule has 0 radical (unpaired) electrons. The second kappa shape index (κ2) is 57.8. The quantitative estimate of drug-likeness (QED) is 0.0204. The number of aliphatic hydroxyl groups is 8. The van der Waals surface area contributed by atoms with Crippen molar-refractivity contribution in [1.29, 1.82) is 0 Å². The van der Waals surface area contributed by atoms with E-state index >= 15 is 0 Å². The van der Waals surface area contributed by atoms with E-state index in [2.05, 4.69) is 104 Å². The number of carbonyl (C=O) groups is 1. The van der Waals surface area contributed by atoms with Gasteiger partial charge in [0.05, 0.1) is 32.0 Å². The van der Waals surface area contributed by atoms with Gasteiger partial charge in [0.25, 0.3) is 0 Å². The van der Waals surface area contributed by atoms with Crippen LogP contribution in [-0.4, -0.2) is 140 Å². The van der Waals surface area contributed by atoms with Gasteiger partial charge in [-0.25, -0.2) is 0 Å². The second-order valence-corrected chi connectivity index (χ2v) is 24.6. The molecular formula is C74H129NO13. The van der Waals surface area contributed by atoms with Gasteiger partial charge in [-0.05, 0) is 89.9 Å². The molecule has 0 aliphatic carbocycles. The Morgan fingerprint density at radius 1 is 0.420 bits per heavy atom. The summed E-state index contributed by atoms with van der Waals surface area (Å²) in [7, 11) is 0. The smallest absolute Gasteiger partial charge is 0.220 e. The first-order valence-electron chi connectivity index (χ1n) is 35.5. The average Bonchev–Trinajstić information content (AvgIpc) is 1.78. The van der Waals surface area contributed by atoms with E-state index < -0.39 is 86.8 Å². The van der Waals surface area contributed by atoms with Crippen LogP contribution in [0.15, 0.2) is 97.2 Å². The lowest BCUT2D eigenvalue weighted by Gasteiger charge is -2.46. The second-order valence-electron chi connectivity index (χ2n) is 24.6. The van der Waals surface area contributed by atoms with Gasteiger partial charge in [0.1, 0.15) is 48.8 Å². The van der Waals surface area contributed by atoms with Crippen molar-refractivity contribution >= 4 is 5.91 Å². The van der Waals surface area contributed by atoms with E-state index in [-0.39, 0.29) is 18.9 Å². The third-order valence-corrected chi connectivity index (χ3v) is 16.7. The minimum Gasteiger partial charge on any atom is -0.394 e. The normalized spacial score (nSPS) is 23.8. The van der Waals surface area contributed by atoms with Gasteiger partial charge in [-0.2, -0.15) is 0 Å². The summed E-state index contributed by atoms with van der Waals surface area (Å²) >= 11 is 0. The van der Waals surface area contributed by atoms with Crippen LogP contribution in [0.5, 0.6) is 0 Å². The van der Waals surface area contributed by atoms with Crippen molar-refractivity contribution in [2.24, 2.45) is 0 Å². The first-order valence-corrected chi connectivity index (χ1v) is 35.5. The highest BCUT2D eigenvalue weighted by atomic mass is 16.7. The van der Waals surface area contributed by atoms with Crippen LogP contribution in [0.4, 0.5) is 0 Å². The van der Waals surface area contributed by atoms with Gasteiger partial charge in [-0.3, -0.25) is 4.79 Å². The number of ether oxygens (including phenoxy) is 4. The molecule has 2 aliphatic rings. The van der Waals surface area contributed by atoms with E-state index in [1.54, 1.807) is 6.08 Å². The van der Waals surface area contributed by atoms with Gasteiger partial charge < -0.3 is 65.1 Å². The Hall–Kier alpha value is -3.09. The van der Waals surface area contributed by atoms with Gasteiger partial charge in [-0.15, -0.1) is 0 Å². The number of carbonyl (C=O) groups excluding carboxylic acids is 1. The summed E-state index contributed by atoms with van der Waals surface area (Å²) in [5, 5.41) is 87.4. The lowest BCUT2D eigenvalue weighted by molar-refractivity contribution is -0.359. The van der Waals surface area contributed by atoms with Crippen LogP contribution in [-0.2, 0) is 23.7 Å². The fourth-order valence-electron chi connectivity index (χ4n) is 11.1. The van der Waals surface area contributed by atoms with Crippen LogP contribution in [0.25, 0.3) is 0 Å². The third kappa shape index (κ3) is 41.4. The molecule has 9 N–H and O–H groups in total. The summed E-state index contributed by atoms with van der Waals surface area (Å²) < 4.78 is 22.8. The highest BCUT2D eigenvalue weighted by Crippen LogP contribution is 2.30. The van der Waals surface area contributed by atoms with Gasteiger partial charge in [0, 0.05) is 6.42 Å². The van der Waals surface area contributed by atoms with E-state index in [0.29, 0.717) is 12.8 Å². The highest BCUT2D eigenvalue weighted by molar-refractivity contribution is 5.76. The predicted molar refractivity (Wildman–Crippen MR) is 359 cm³/mol. The van der Waals surface area contributed by atoms with Crippen molar-refractivity contribution in [3.8, 4) is 0 Å². The summed E-state index contributed by atoms with van der Waals surface area (Å²) in [5.41, 5.74) is 0. The molecule has 508 valence electrons. The van der Waals surface area contributed by atoms with Crippen molar-refractivity contribution < 1.29 is 64.6 Å². The molecule has 0 bridgehead atoms. The van der Waals surface area contributed by atoms with E-state index in [9.17, 15) is 45.6 Å². The zero-order valence-corrected chi connectivity index (χ0v) is 55.2. The number of nitrogens with one attached hydrogen (secondary N) is 1. The summed E-state index contributed by atoms with van der Waals surface area (Å²) in [6.45, 7) is 2.67. The predicted octanol–water partition coefficient (Wildman–Crippen LogP) is 14.6. The Labute approximate surface area is 534 Å². The van der Waals surface area contributed by atoms with Crippen LogP contribution < -0.4 is 5.32 Å². The lowest BCUT2D eigenvalue weighted by atomic mass is 9.97. The lowest BCUT2D eigenvalue weighted by Crippen LogP contribution is -2.65. The fourth-order valence-corrected chi connectivity index (χ4v) is 11.1. The zero-order valence-electron chi connectivity index (χ0n) is 55.2. The third-order valence-electron chi connectivity index (χ3n) is 16.7. The minimum absolute atomic E-state index is 0.251. The largest absolute Gasteiger partial charge is 0.394 e. The molecule has 12 unspecified atom stereocenters. The molecule has 1 amide bonds. The summed E-state index contributed by atoms with van der Waals surface area (Å²) in [5.74, 6) is -0.266. The van der Waals surface area contributed by atoms with Gasteiger partial charge in [0.2, 0.25) is 5.91 Å². The van der Waals surface area contributed by atoms with Gasteiger partial charge in [-0.1, -0.05) is 272 Å². The fraction of sp³-hybridized carbons (Fsp3) is 0.770. The molecule has 2 fully saturated rings. The molecule has 0 saturated carbocycles. The Bertz CT molecular complexity index is 1850. The molecule has 88 heavy (non-hydrogen) atoms. The Morgan fingerprint density at radius 2 is 0.795 bits per heavy atom. The van der Waals surface area contributed by atoms with Crippen molar-refractivity contribution in [1.82, 2.24) is 5.32 Å². The number of hydrogen-bond acceptors (Lipinski definition) is 13. The Balaban J connectivity index is 1.71. The molecule has 0 spiro atoms. The Morgan fingerprint density at radius 3 is 1.25 bits per heavy atom. The van der Waals surface area contributed by atoms with Crippen LogP contribution in [0.3, 0.4) is 0 Å². The number of aliphatic hydroxyl groups excluding tert-OH is 8. The summed E-state index contributed by atoms with van der Waals surface area (Å²) in [6.07, 6.45) is 64.7. The first kappa shape index (κ1) is 81.0. The minimum atomic E-state index is -1.80. The van der Waals surface area contributed by atoms with Gasteiger partial charge in [0.15, 0.2) is 12.6 Å². The maximum absolute atomic E-state index is 13.3. The van der Waals surface area contributed by atoms with Crippen molar-refractivity contribution in [3.05, 3.63) is 97.2 Å². The molecule has 2 heterocycles. The molecule has 0 aromatic carbocycles. The van der Waals surface area contributed by atoms with Crippen molar-refractivity contribution in [2.45, 2.75) is 344 Å². The number of hydrogen-bond donors (Lipinski definition) is 9. The SMILES string of the molecule is CC/C=C\C/C=C\C/C=C\C/C=C\C/C=C\CCCCCCCCCC(=O)NC(COC1OC(CO)C(OC2OC(CO)C(O)C(O)C2O)C(O)C1O)C(O)/C=C/CC/C=C/CC/C=C/CCCCCCCCCCCCCCCCCCCCCCC. The molecule has 2 saturated heterocycles. The first-order chi connectivity index (χ1) is 43.1. The average molecular weight is 1240 g/mol. The van der Waals surface area contributed by atoms with Crippen LogP contribution in [0, 0.1) is 0 Å². The van der Waals surface area contributed by atoms with Crippen molar-refractivity contribution in [2.75, 3.05) is 19.8 Å². The summed E-state index contributed by atoms with van der Waals surface area (Å²) in [4.78, 5) is 13.3. The van der Waals surface area contributed by atoms with Crippen molar-refractivity contribution in [3.63, 3.8) is 0 Å². The molecule has 2 rings (SSSR count). The highest BCUT2D eigenvalue weighted by Gasteiger charge is 2.51. The standard InChI is InChI=1S/C74H129NO13/c1-3-5-7-9-11-13-15-17-19-21-23-25-27-28-29-30-31-32-33-34-36-37-39-41-43-45-47-49-51-53-55-57-63(78)62(61-85-73-71(84)69(82)72(65(60-77)87-73)88-74-70(83)68(81)67(80)64(59-76)86-74)75-66(79)58-56-54-52-50-48-46-44-42-40-38-35-26-24-22-20-18-16-14-12-10-8-6-4-2/h6,8,12,14,18,20,24,26,38-41,47,49,55,57,62-65,67-74,76-78,80-84H,3-5,7,9-11,13,15-17,19,21-23,25,27-37,42-46,48,50-54,56,58-61H2,1-2H3,(H,75,79)/b8-6-,14-12-,20-18-,26-24-,40-38-,41-39+,49-47+,57-55+. The van der Waals surface area contributed by atoms with E-state index in [0.717, 1.165) is 103 Å². The molecule has 14 nitrogen and oxygen atoms in total. The van der Waals surface area contributed by atoms with Crippen LogP contribution in [0.1, 0.15) is 271 Å². The molecular weight excluding hydrogens is 1110 g/mol. The number of amides is 1. The Kier molecular flexibility index (Phi) is 53.2. The molecule has 0 aromatic rings. The van der Waals surface area contributed by atoms with Gasteiger partial charge >= 0.3 is 0 Å². The van der Waals surface area contributed by atoms with Crippen LogP contribution in [0.2, 0.25) is 0 Å². The molecule has 2 aliphatic heterocycles.